The largest absolute Gasteiger partial charge is 0.496 e. The van der Waals surface area contributed by atoms with Crippen LogP contribution >= 0.6 is 0 Å². The maximum absolute atomic E-state index is 11.1. The molecule has 0 spiro atoms. The van der Waals surface area contributed by atoms with Crippen molar-refractivity contribution in [1.29, 1.82) is 0 Å². The lowest BCUT2D eigenvalue weighted by atomic mass is 10.1. The number of hydrogen-bond acceptors (Lipinski definition) is 8. The van der Waals surface area contributed by atoms with Crippen LogP contribution in [0.2, 0.25) is 0 Å². The molecule has 4 aromatic rings. The number of aromatic nitrogens is 2. The van der Waals surface area contributed by atoms with Gasteiger partial charge in [0.25, 0.3) is 0 Å². The third-order valence-electron chi connectivity index (χ3n) is 5.34. The van der Waals surface area contributed by atoms with Gasteiger partial charge in [0.1, 0.15) is 36.7 Å². The summed E-state index contributed by atoms with van der Waals surface area (Å²) in [7, 11) is 1.63. The van der Waals surface area contributed by atoms with Crippen molar-refractivity contribution >= 4 is 22.8 Å². The number of rotatable bonds is 7. The van der Waals surface area contributed by atoms with E-state index in [1.54, 1.807) is 13.2 Å². The van der Waals surface area contributed by atoms with Crippen LogP contribution in [0, 0.1) is 0 Å². The summed E-state index contributed by atoms with van der Waals surface area (Å²) in [6.07, 6.45) is 2.18. The van der Waals surface area contributed by atoms with E-state index in [0.29, 0.717) is 54.4 Å². The first-order valence-electron chi connectivity index (χ1n) is 10.4. The van der Waals surface area contributed by atoms with E-state index in [2.05, 4.69) is 15.3 Å². The average molecular weight is 447 g/mol. The Balaban J connectivity index is 1.30. The zero-order chi connectivity index (χ0) is 22.8. The zero-order valence-corrected chi connectivity index (χ0v) is 17.8. The number of fused-ring (bicyclic) bond motifs is 2. The van der Waals surface area contributed by atoms with Gasteiger partial charge in [0, 0.05) is 29.6 Å². The van der Waals surface area contributed by atoms with Crippen molar-refractivity contribution in [1.82, 2.24) is 9.97 Å². The first-order chi connectivity index (χ1) is 16.1. The van der Waals surface area contributed by atoms with Gasteiger partial charge in [0.05, 0.1) is 12.8 Å². The van der Waals surface area contributed by atoms with E-state index >= 15 is 0 Å². The Morgan fingerprint density at radius 1 is 1.09 bits per heavy atom. The summed E-state index contributed by atoms with van der Waals surface area (Å²) in [6, 6.07) is 12.6. The Morgan fingerprint density at radius 3 is 2.70 bits per heavy atom. The summed E-state index contributed by atoms with van der Waals surface area (Å²) in [5, 5.41) is 13.1. The van der Waals surface area contributed by atoms with Crippen LogP contribution in [-0.4, -0.2) is 47.9 Å². The number of furan rings is 1. The Morgan fingerprint density at radius 2 is 1.91 bits per heavy atom. The molecule has 9 heteroatoms. The van der Waals surface area contributed by atoms with E-state index < -0.39 is 5.97 Å². The quantitative estimate of drug-likeness (QED) is 0.433. The fraction of sp³-hybridized carbons (Fsp3) is 0.208. The molecule has 1 aliphatic heterocycles. The lowest BCUT2D eigenvalue weighted by Crippen LogP contribution is -2.16. The molecule has 1 aliphatic rings. The molecular weight excluding hydrogens is 426 g/mol. The van der Waals surface area contributed by atoms with Crippen LogP contribution in [0.25, 0.3) is 22.2 Å². The first kappa shape index (κ1) is 20.6. The first-order valence-corrected chi connectivity index (χ1v) is 10.4. The van der Waals surface area contributed by atoms with Crippen molar-refractivity contribution in [3.8, 4) is 28.5 Å². The van der Waals surface area contributed by atoms with Crippen LogP contribution in [0.5, 0.6) is 17.2 Å². The number of nitrogens with zero attached hydrogens (tertiary/aromatic N) is 2. The highest BCUT2D eigenvalue weighted by atomic mass is 16.6. The Hall–Kier alpha value is -4.27. The fourth-order valence-electron chi connectivity index (χ4n) is 3.74. The molecule has 2 aromatic carbocycles. The van der Waals surface area contributed by atoms with Crippen molar-refractivity contribution in [2.75, 3.05) is 32.2 Å². The van der Waals surface area contributed by atoms with Gasteiger partial charge in [-0.1, -0.05) is 0 Å². The Bertz CT molecular complexity index is 1330. The zero-order valence-electron chi connectivity index (χ0n) is 17.8. The van der Waals surface area contributed by atoms with E-state index in [1.165, 1.54) is 12.4 Å². The molecule has 3 heterocycles. The predicted molar refractivity (Wildman–Crippen MR) is 120 cm³/mol. The topological polar surface area (TPSA) is 116 Å². The predicted octanol–water partition coefficient (Wildman–Crippen LogP) is 4.02. The molecule has 0 saturated carbocycles. The molecule has 0 atom stereocenters. The molecule has 0 saturated heterocycles. The fourth-order valence-corrected chi connectivity index (χ4v) is 3.74. The van der Waals surface area contributed by atoms with Gasteiger partial charge in [-0.05, 0) is 42.3 Å². The van der Waals surface area contributed by atoms with E-state index in [0.717, 1.165) is 22.6 Å². The third kappa shape index (κ3) is 4.25. The van der Waals surface area contributed by atoms with Crippen LogP contribution < -0.4 is 19.5 Å². The second-order valence-corrected chi connectivity index (χ2v) is 7.44. The van der Waals surface area contributed by atoms with E-state index in [1.807, 2.05) is 30.3 Å². The van der Waals surface area contributed by atoms with Crippen LogP contribution in [0.1, 0.15) is 16.1 Å². The number of benzene rings is 2. The number of nitrogens with one attached hydrogen (secondary N) is 1. The maximum atomic E-state index is 11.1. The number of carboxylic acids is 1. The monoisotopic (exact) mass is 447 g/mol. The van der Waals surface area contributed by atoms with E-state index in [-0.39, 0.29) is 5.76 Å². The number of methoxy groups -OCH3 is 1. The van der Waals surface area contributed by atoms with Gasteiger partial charge in [-0.15, -0.1) is 0 Å². The minimum absolute atomic E-state index is 0.0956. The highest BCUT2D eigenvalue weighted by molar-refractivity contribution is 5.92. The summed E-state index contributed by atoms with van der Waals surface area (Å²) in [5.74, 6) is 1.65. The number of anilines is 1. The molecule has 0 aliphatic carbocycles. The third-order valence-corrected chi connectivity index (χ3v) is 5.34. The highest BCUT2D eigenvalue weighted by Crippen LogP contribution is 2.37. The molecule has 0 amide bonds. The number of aromatic carboxylic acids is 1. The Kier molecular flexibility index (Phi) is 5.43. The SMILES string of the molecule is COc1cc2c(cc1CCNc1cc(-c3ccc4oc(C(=O)O)cc4c3)ncn1)OCCO2. The average Bonchev–Trinajstić information content (AvgIpc) is 3.28. The van der Waals surface area contributed by atoms with Gasteiger partial charge in [-0.2, -0.15) is 0 Å². The van der Waals surface area contributed by atoms with Gasteiger partial charge in [0.15, 0.2) is 11.5 Å². The van der Waals surface area contributed by atoms with Gasteiger partial charge >= 0.3 is 5.97 Å². The Labute approximate surface area is 188 Å². The van der Waals surface area contributed by atoms with Crippen molar-refractivity contribution in [3.05, 3.63) is 60.1 Å². The molecule has 9 nitrogen and oxygen atoms in total. The van der Waals surface area contributed by atoms with Crippen molar-refractivity contribution in [3.63, 3.8) is 0 Å². The van der Waals surface area contributed by atoms with Gasteiger partial charge in [0.2, 0.25) is 5.76 Å². The number of carboxylic acid groups (broad SMARTS) is 1. The highest BCUT2D eigenvalue weighted by Gasteiger charge is 2.16. The van der Waals surface area contributed by atoms with E-state index in [9.17, 15) is 4.79 Å². The smallest absolute Gasteiger partial charge is 0.371 e. The standard InChI is InChI=1S/C24H21N3O6/c1-30-19-12-21-20(31-6-7-32-21)9-15(19)4-5-25-23-11-17(26-13-27-23)14-2-3-18-16(8-14)10-22(33-18)24(28)29/h2-3,8-13H,4-7H2,1H3,(H,28,29)(H,25,26,27). The van der Waals surface area contributed by atoms with Gasteiger partial charge in [-0.25, -0.2) is 14.8 Å². The second-order valence-electron chi connectivity index (χ2n) is 7.44. The molecule has 0 fully saturated rings. The van der Waals surface area contributed by atoms with E-state index in [4.69, 9.17) is 23.7 Å². The molecule has 5 rings (SSSR count). The molecule has 33 heavy (non-hydrogen) atoms. The van der Waals surface area contributed by atoms with Gasteiger partial charge < -0.3 is 29.1 Å². The normalized spacial score (nSPS) is 12.5. The minimum atomic E-state index is -1.10. The summed E-state index contributed by atoms with van der Waals surface area (Å²) < 4.78 is 22.1. The molecule has 2 aromatic heterocycles. The van der Waals surface area contributed by atoms with Crippen molar-refractivity contribution in [2.24, 2.45) is 0 Å². The lowest BCUT2D eigenvalue weighted by Gasteiger charge is -2.20. The van der Waals surface area contributed by atoms with Crippen molar-refractivity contribution in [2.45, 2.75) is 6.42 Å². The molecule has 168 valence electrons. The summed E-state index contributed by atoms with van der Waals surface area (Å²) in [6.45, 7) is 1.68. The molecule has 0 unspecified atom stereocenters. The van der Waals surface area contributed by atoms with Crippen LogP contribution in [0.15, 0.2) is 53.2 Å². The molecule has 2 N–H and O–H groups in total. The van der Waals surface area contributed by atoms with Crippen LogP contribution in [-0.2, 0) is 6.42 Å². The molecular formula is C24H21N3O6. The van der Waals surface area contributed by atoms with Crippen LogP contribution in [0.3, 0.4) is 0 Å². The molecule has 0 radical (unpaired) electrons. The number of ether oxygens (including phenoxy) is 3. The minimum Gasteiger partial charge on any atom is -0.496 e. The maximum Gasteiger partial charge on any atom is 0.371 e. The lowest BCUT2D eigenvalue weighted by molar-refractivity contribution is 0.0665. The number of carbonyl (C=O) groups is 1. The van der Waals surface area contributed by atoms with Crippen molar-refractivity contribution < 1.29 is 28.5 Å². The number of hydrogen-bond donors (Lipinski definition) is 2. The summed E-state index contributed by atoms with van der Waals surface area (Å²) >= 11 is 0. The van der Waals surface area contributed by atoms with Crippen LogP contribution in [0.4, 0.5) is 5.82 Å². The summed E-state index contributed by atoms with van der Waals surface area (Å²) in [4.78, 5) is 19.8. The molecule has 0 bridgehead atoms. The second kappa shape index (κ2) is 8.70. The summed E-state index contributed by atoms with van der Waals surface area (Å²) in [5.41, 5.74) is 3.06. The van der Waals surface area contributed by atoms with Gasteiger partial charge in [-0.3, -0.25) is 0 Å².